The van der Waals surface area contributed by atoms with Crippen molar-refractivity contribution in [1.82, 2.24) is 0 Å². The predicted molar refractivity (Wildman–Crippen MR) is 94.4 cm³/mol. The molecule has 2 unspecified atom stereocenters. The number of benzene rings is 1. The Morgan fingerprint density at radius 1 is 0.955 bits per heavy atom. The third kappa shape index (κ3) is 4.69. The number of carbonyl (C=O) groups excluding carboxylic acids is 1. The zero-order valence-corrected chi connectivity index (χ0v) is 14.4. The first-order chi connectivity index (χ1) is 10.7. The molecular formula is C21H32O. The van der Waals surface area contributed by atoms with E-state index >= 15 is 0 Å². The van der Waals surface area contributed by atoms with Crippen molar-refractivity contribution in [2.24, 2.45) is 11.8 Å². The molecule has 1 aliphatic rings. The van der Waals surface area contributed by atoms with Crippen LogP contribution in [0.25, 0.3) is 0 Å². The Morgan fingerprint density at radius 3 is 2.32 bits per heavy atom. The highest BCUT2D eigenvalue weighted by Crippen LogP contribution is 2.33. The van der Waals surface area contributed by atoms with Gasteiger partial charge in [-0.1, -0.05) is 89.5 Å². The van der Waals surface area contributed by atoms with Crippen LogP contribution < -0.4 is 0 Å². The summed E-state index contributed by atoms with van der Waals surface area (Å²) < 4.78 is 0. The van der Waals surface area contributed by atoms with Crippen molar-refractivity contribution in [2.75, 3.05) is 0 Å². The molecule has 0 saturated carbocycles. The Hall–Kier alpha value is -1.11. The van der Waals surface area contributed by atoms with E-state index in [2.05, 4.69) is 26.0 Å². The summed E-state index contributed by atoms with van der Waals surface area (Å²) in [5.74, 6) is 1.13. The van der Waals surface area contributed by atoms with Crippen LogP contribution >= 0.6 is 0 Å². The van der Waals surface area contributed by atoms with Crippen molar-refractivity contribution >= 4 is 5.78 Å². The second-order valence-corrected chi connectivity index (χ2v) is 7.04. The monoisotopic (exact) mass is 300 g/mol. The van der Waals surface area contributed by atoms with Crippen molar-refractivity contribution in [3.05, 3.63) is 35.4 Å². The largest absolute Gasteiger partial charge is 0.294 e. The molecule has 22 heavy (non-hydrogen) atoms. The minimum absolute atomic E-state index is 0.208. The molecule has 1 aromatic carbocycles. The molecule has 0 heterocycles. The molecular weight excluding hydrogens is 268 g/mol. The minimum atomic E-state index is 0.208. The van der Waals surface area contributed by atoms with Gasteiger partial charge in [0.1, 0.15) is 0 Å². The molecule has 0 bridgehead atoms. The van der Waals surface area contributed by atoms with Crippen LogP contribution in [0.4, 0.5) is 0 Å². The molecule has 0 N–H and O–H groups in total. The molecule has 0 spiro atoms. The normalized spacial score (nSPS) is 20.9. The zero-order valence-electron chi connectivity index (χ0n) is 14.4. The van der Waals surface area contributed by atoms with E-state index in [1.807, 2.05) is 12.1 Å². The lowest BCUT2D eigenvalue weighted by atomic mass is 9.74. The van der Waals surface area contributed by atoms with Gasteiger partial charge in [-0.15, -0.1) is 0 Å². The lowest BCUT2D eigenvalue weighted by Gasteiger charge is -2.29. The molecule has 1 heteroatoms. The van der Waals surface area contributed by atoms with E-state index in [1.165, 1.54) is 63.4 Å². The summed E-state index contributed by atoms with van der Waals surface area (Å²) >= 11 is 0. The maximum absolute atomic E-state index is 12.5. The average molecular weight is 300 g/mol. The highest BCUT2D eigenvalue weighted by Gasteiger charge is 2.31. The van der Waals surface area contributed by atoms with Crippen LogP contribution in [0.1, 0.15) is 87.6 Å². The summed E-state index contributed by atoms with van der Waals surface area (Å²) in [7, 11) is 0. The van der Waals surface area contributed by atoms with Crippen LogP contribution in [0.15, 0.2) is 24.3 Å². The second kappa shape index (κ2) is 9.12. The van der Waals surface area contributed by atoms with Gasteiger partial charge in [0.15, 0.2) is 5.78 Å². The van der Waals surface area contributed by atoms with Gasteiger partial charge >= 0.3 is 0 Å². The summed E-state index contributed by atoms with van der Waals surface area (Å²) in [4.78, 5) is 12.5. The van der Waals surface area contributed by atoms with Crippen LogP contribution in [0.2, 0.25) is 0 Å². The Labute approximate surface area is 136 Å². The molecule has 0 saturated heterocycles. The number of hydrogen-bond donors (Lipinski definition) is 0. The lowest BCUT2D eigenvalue weighted by Crippen LogP contribution is -2.29. The van der Waals surface area contributed by atoms with Gasteiger partial charge in [0.2, 0.25) is 0 Å². The third-order valence-corrected chi connectivity index (χ3v) is 5.31. The number of carbonyl (C=O) groups is 1. The highest BCUT2D eigenvalue weighted by molar-refractivity contribution is 6.00. The van der Waals surface area contributed by atoms with Crippen molar-refractivity contribution in [1.29, 1.82) is 0 Å². The first-order valence-corrected chi connectivity index (χ1v) is 9.36. The van der Waals surface area contributed by atoms with E-state index in [0.29, 0.717) is 11.7 Å². The average Bonchev–Trinajstić information content (AvgIpc) is 2.54. The summed E-state index contributed by atoms with van der Waals surface area (Å²) in [6.45, 7) is 4.40. The lowest BCUT2D eigenvalue weighted by molar-refractivity contribution is 0.0861. The number of unbranched alkanes of at least 4 members (excludes halogenated alkanes) is 7. The summed E-state index contributed by atoms with van der Waals surface area (Å²) in [6, 6.07) is 8.19. The third-order valence-electron chi connectivity index (χ3n) is 5.31. The van der Waals surface area contributed by atoms with Crippen LogP contribution in [-0.2, 0) is 6.42 Å². The molecule has 0 amide bonds. The molecule has 0 radical (unpaired) electrons. The molecule has 2 rings (SSSR count). The maximum atomic E-state index is 12.5. The summed E-state index contributed by atoms with van der Waals surface area (Å²) in [6.07, 6.45) is 13.2. The van der Waals surface area contributed by atoms with Gasteiger partial charge in [-0.25, -0.2) is 0 Å². The maximum Gasteiger partial charge on any atom is 0.166 e. The SMILES string of the molecule is CCCCCCCCCCC1Cc2ccccc2C(=O)C1C. The quantitative estimate of drug-likeness (QED) is 0.496. The number of fused-ring (bicyclic) bond motifs is 1. The van der Waals surface area contributed by atoms with Gasteiger partial charge in [-0.2, -0.15) is 0 Å². The number of rotatable bonds is 9. The van der Waals surface area contributed by atoms with E-state index < -0.39 is 0 Å². The van der Waals surface area contributed by atoms with Gasteiger partial charge in [0.05, 0.1) is 0 Å². The number of Topliss-reactive ketones (excluding diaryl/α,β-unsaturated/α-hetero) is 1. The van der Waals surface area contributed by atoms with Gasteiger partial charge in [-0.3, -0.25) is 4.79 Å². The molecule has 2 atom stereocenters. The predicted octanol–water partition coefficient (Wildman–Crippen LogP) is 6.21. The van der Waals surface area contributed by atoms with Crippen LogP contribution in [-0.4, -0.2) is 5.78 Å². The van der Waals surface area contributed by atoms with Gasteiger partial charge in [0, 0.05) is 11.5 Å². The zero-order chi connectivity index (χ0) is 15.8. The van der Waals surface area contributed by atoms with E-state index in [9.17, 15) is 4.79 Å². The van der Waals surface area contributed by atoms with E-state index in [-0.39, 0.29) is 5.92 Å². The summed E-state index contributed by atoms with van der Waals surface area (Å²) in [5, 5.41) is 0. The van der Waals surface area contributed by atoms with Gasteiger partial charge in [0.25, 0.3) is 0 Å². The standard InChI is InChI=1S/C21H32O/c1-3-4-5-6-7-8-9-10-13-18-16-19-14-11-12-15-20(19)21(22)17(18)2/h11-12,14-15,17-18H,3-10,13,16H2,1-2H3. The molecule has 1 nitrogen and oxygen atoms in total. The minimum Gasteiger partial charge on any atom is -0.294 e. The van der Waals surface area contributed by atoms with E-state index in [0.717, 1.165) is 12.0 Å². The Kier molecular flexibility index (Phi) is 7.15. The highest BCUT2D eigenvalue weighted by atomic mass is 16.1. The Morgan fingerprint density at radius 2 is 1.59 bits per heavy atom. The molecule has 0 aromatic heterocycles. The van der Waals surface area contributed by atoms with Crippen molar-refractivity contribution in [3.63, 3.8) is 0 Å². The second-order valence-electron chi connectivity index (χ2n) is 7.04. The number of hydrogen-bond acceptors (Lipinski definition) is 1. The van der Waals surface area contributed by atoms with Gasteiger partial charge in [-0.05, 0) is 24.3 Å². The Balaban J connectivity index is 1.69. The Bertz CT molecular complexity index is 463. The fourth-order valence-electron chi connectivity index (χ4n) is 3.75. The van der Waals surface area contributed by atoms with Crippen LogP contribution in [0.5, 0.6) is 0 Å². The fraction of sp³-hybridized carbons (Fsp3) is 0.667. The van der Waals surface area contributed by atoms with E-state index in [1.54, 1.807) is 0 Å². The molecule has 0 fully saturated rings. The fourth-order valence-corrected chi connectivity index (χ4v) is 3.75. The van der Waals surface area contributed by atoms with Crippen LogP contribution in [0, 0.1) is 11.8 Å². The first kappa shape index (κ1) is 17.2. The molecule has 0 aliphatic heterocycles. The van der Waals surface area contributed by atoms with Crippen molar-refractivity contribution in [2.45, 2.75) is 78.1 Å². The first-order valence-electron chi connectivity index (χ1n) is 9.36. The molecule has 1 aromatic rings. The molecule has 122 valence electrons. The van der Waals surface area contributed by atoms with E-state index in [4.69, 9.17) is 0 Å². The summed E-state index contributed by atoms with van der Waals surface area (Å²) in [5.41, 5.74) is 2.25. The van der Waals surface area contributed by atoms with Crippen molar-refractivity contribution < 1.29 is 4.79 Å². The van der Waals surface area contributed by atoms with Gasteiger partial charge < -0.3 is 0 Å². The topological polar surface area (TPSA) is 17.1 Å². The number of ketones is 1. The van der Waals surface area contributed by atoms with Crippen molar-refractivity contribution in [3.8, 4) is 0 Å². The van der Waals surface area contributed by atoms with Crippen LogP contribution in [0.3, 0.4) is 0 Å². The molecule has 1 aliphatic carbocycles. The smallest absolute Gasteiger partial charge is 0.166 e.